The Hall–Kier alpha value is -2.08. The van der Waals surface area contributed by atoms with Crippen molar-refractivity contribution in [3.05, 3.63) is 36.1 Å². The smallest absolute Gasteiger partial charge is 0.172 e. The van der Waals surface area contributed by atoms with Gasteiger partial charge in [-0.2, -0.15) is 0 Å². The summed E-state index contributed by atoms with van der Waals surface area (Å²) in [5.41, 5.74) is 12.1. The lowest BCUT2D eigenvalue weighted by atomic mass is 10.3. The van der Waals surface area contributed by atoms with Crippen LogP contribution >= 0.6 is 11.6 Å². The van der Waals surface area contributed by atoms with Crippen molar-refractivity contribution >= 4 is 28.9 Å². The maximum atomic E-state index is 5.77. The van der Waals surface area contributed by atoms with E-state index >= 15 is 0 Å². The average molecular weight is 237 g/mol. The zero-order valence-corrected chi connectivity index (χ0v) is 9.02. The summed E-state index contributed by atoms with van der Waals surface area (Å²) in [6.07, 6.45) is 4.91. The lowest BCUT2D eigenvalue weighted by Gasteiger charge is -2.09. The molecule has 0 radical (unpaired) electrons. The van der Waals surface area contributed by atoms with Crippen molar-refractivity contribution < 1.29 is 0 Å². The van der Waals surface area contributed by atoms with Crippen LogP contribution < -0.4 is 11.5 Å². The number of imidazole rings is 1. The Morgan fingerprint density at radius 1 is 1.31 bits per heavy atom. The van der Waals surface area contributed by atoms with Crippen LogP contribution in [0, 0.1) is 0 Å². The van der Waals surface area contributed by atoms with E-state index in [1.807, 2.05) is 0 Å². The van der Waals surface area contributed by atoms with Crippen LogP contribution in [0.1, 0.15) is 5.69 Å². The Kier molecular flexibility index (Phi) is 2.49. The minimum atomic E-state index is 0.0985. The molecule has 0 aliphatic carbocycles. The molecule has 0 aliphatic rings. The first-order valence-corrected chi connectivity index (χ1v) is 4.73. The summed E-state index contributed by atoms with van der Waals surface area (Å²) < 4.78 is 1.66. The van der Waals surface area contributed by atoms with Crippen molar-refractivity contribution in [1.82, 2.24) is 19.5 Å². The zero-order valence-electron chi connectivity index (χ0n) is 8.26. The van der Waals surface area contributed by atoms with Crippen molar-refractivity contribution in [1.29, 1.82) is 0 Å². The highest BCUT2D eigenvalue weighted by Gasteiger charge is 2.12. The standard InChI is InChI=1S/C9H9ClN6/c1-5(16-3-2-13-4-16)6-8(11)15-9(12)7(10)14-6/h2-4H,1H2,(H4,11,12,15). The molecule has 82 valence electrons. The molecule has 2 aromatic rings. The van der Waals surface area contributed by atoms with Gasteiger partial charge in [-0.15, -0.1) is 0 Å². The number of hydrogen-bond donors (Lipinski definition) is 2. The van der Waals surface area contributed by atoms with Gasteiger partial charge in [0.1, 0.15) is 5.69 Å². The van der Waals surface area contributed by atoms with E-state index in [0.29, 0.717) is 11.4 Å². The van der Waals surface area contributed by atoms with Crippen LogP contribution in [0.25, 0.3) is 5.70 Å². The molecule has 0 spiro atoms. The topological polar surface area (TPSA) is 95.6 Å². The van der Waals surface area contributed by atoms with Gasteiger partial charge in [-0.1, -0.05) is 18.2 Å². The highest BCUT2D eigenvalue weighted by molar-refractivity contribution is 6.31. The second-order valence-electron chi connectivity index (χ2n) is 3.05. The third kappa shape index (κ3) is 1.70. The highest BCUT2D eigenvalue weighted by atomic mass is 35.5. The summed E-state index contributed by atoms with van der Waals surface area (Å²) in [6.45, 7) is 3.84. The number of nitrogens with zero attached hydrogens (tertiary/aromatic N) is 4. The van der Waals surface area contributed by atoms with Crippen LogP contribution in [-0.4, -0.2) is 19.5 Å². The number of aromatic nitrogens is 4. The maximum Gasteiger partial charge on any atom is 0.172 e. The lowest BCUT2D eigenvalue weighted by molar-refractivity contribution is 1.06. The number of nitrogen functional groups attached to an aromatic ring is 2. The van der Waals surface area contributed by atoms with E-state index in [2.05, 4.69) is 21.5 Å². The molecule has 0 bridgehead atoms. The van der Waals surface area contributed by atoms with E-state index in [1.54, 1.807) is 23.3 Å². The fourth-order valence-corrected chi connectivity index (χ4v) is 1.32. The van der Waals surface area contributed by atoms with Crippen molar-refractivity contribution in [2.45, 2.75) is 0 Å². The summed E-state index contributed by atoms with van der Waals surface area (Å²) in [6, 6.07) is 0. The van der Waals surface area contributed by atoms with Crippen molar-refractivity contribution in [2.75, 3.05) is 11.5 Å². The number of anilines is 2. The predicted octanol–water partition coefficient (Wildman–Crippen LogP) is 1.01. The second kappa shape index (κ2) is 3.82. The van der Waals surface area contributed by atoms with Crippen LogP contribution in [0.5, 0.6) is 0 Å². The predicted molar refractivity (Wildman–Crippen MR) is 62.5 cm³/mol. The van der Waals surface area contributed by atoms with Gasteiger partial charge in [-0.3, -0.25) is 0 Å². The van der Waals surface area contributed by atoms with E-state index in [9.17, 15) is 0 Å². The Bertz CT molecular complexity index is 533. The van der Waals surface area contributed by atoms with Gasteiger partial charge in [0.15, 0.2) is 16.8 Å². The van der Waals surface area contributed by atoms with Crippen molar-refractivity contribution in [3.8, 4) is 0 Å². The molecule has 2 rings (SSSR count). The van der Waals surface area contributed by atoms with Gasteiger partial charge in [-0.05, 0) is 0 Å². The van der Waals surface area contributed by atoms with Gasteiger partial charge in [0.25, 0.3) is 0 Å². The first-order valence-electron chi connectivity index (χ1n) is 4.35. The quantitative estimate of drug-likeness (QED) is 0.811. The summed E-state index contributed by atoms with van der Waals surface area (Å²) in [4.78, 5) is 11.8. The first-order chi connectivity index (χ1) is 7.59. The first kappa shape index (κ1) is 10.4. The van der Waals surface area contributed by atoms with Gasteiger partial charge < -0.3 is 16.0 Å². The molecule has 0 saturated heterocycles. The summed E-state index contributed by atoms with van der Waals surface area (Å²) in [7, 11) is 0. The zero-order chi connectivity index (χ0) is 11.7. The molecule has 2 heterocycles. The number of nitrogens with two attached hydrogens (primary N) is 2. The Morgan fingerprint density at radius 3 is 2.69 bits per heavy atom. The molecular formula is C9H9ClN6. The molecule has 0 saturated carbocycles. The Labute approximate surface area is 96.6 Å². The van der Waals surface area contributed by atoms with Gasteiger partial charge >= 0.3 is 0 Å². The molecular weight excluding hydrogens is 228 g/mol. The molecule has 7 heteroatoms. The number of hydrogen-bond acceptors (Lipinski definition) is 5. The SMILES string of the molecule is C=C(c1nc(Cl)c(N)nc1N)n1ccnc1. The average Bonchev–Trinajstić information content (AvgIpc) is 2.75. The van der Waals surface area contributed by atoms with Gasteiger partial charge in [-0.25, -0.2) is 15.0 Å². The second-order valence-corrected chi connectivity index (χ2v) is 3.41. The van der Waals surface area contributed by atoms with Crippen LogP contribution in [0.15, 0.2) is 25.3 Å². The molecule has 6 nitrogen and oxygen atoms in total. The van der Waals surface area contributed by atoms with E-state index in [1.165, 1.54) is 0 Å². The maximum absolute atomic E-state index is 5.77. The van der Waals surface area contributed by atoms with Crippen LogP contribution in [0.2, 0.25) is 5.15 Å². The van der Waals surface area contributed by atoms with Crippen LogP contribution in [0.3, 0.4) is 0 Å². The van der Waals surface area contributed by atoms with Gasteiger partial charge in [0.2, 0.25) is 0 Å². The molecule has 0 amide bonds. The van der Waals surface area contributed by atoms with E-state index in [0.717, 1.165) is 0 Å². The minimum absolute atomic E-state index is 0.0985. The normalized spacial score (nSPS) is 10.3. The van der Waals surface area contributed by atoms with E-state index in [-0.39, 0.29) is 16.8 Å². The molecule has 16 heavy (non-hydrogen) atoms. The largest absolute Gasteiger partial charge is 0.382 e. The highest BCUT2D eigenvalue weighted by Crippen LogP contribution is 2.23. The summed E-state index contributed by atoms with van der Waals surface area (Å²) in [5.74, 6) is 0.280. The molecule has 0 fully saturated rings. The lowest BCUT2D eigenvalue weighted by Crippen LogP contribution is -2.07. The Balaban J connectivity index is 2.49. The van der Waals surface area contributed by atoms with Crippen LogP contribution in [-0.2, 0) is 0 Å². The van der Waals surface area contributed by atoms with E-state index in [4.69, 9.17) is 23.1 Å². The van der Waals surface area contributed by atoms with Crippen LogP contribution in [0.4, 0.5) is 11.6 Å². The number of rotatable bonds is 2. The Morgan fingerprint density at radius 2 is 2.06 bits per heavy atom. The molecule has 4 N–H and O–H groups in total. The molecule has 0 unspecified atom stereocenters. The molecule has 2 aromatic heterocycles. The summed E-state index contributed by atoms with van der Waals surface area (Å²) >= 11 is 5.77. The third-order valence-electron chi connectivity index (χ3n) is 1.99. The summed E-state index contributed by atoms with van der Waals surface area (Å²) in [5, 5.41) is 0.102. The fourth-order valence-electron chi connectivity index (χ4n) is 1.19. The minimum Gasteiger partial charge on any atom is -0.382 e. The monoisotopic (exact) mass is 236 g/mol. The number of halogens is 1. The van der Waals surface area contributed by atoms with E-state index < -0.39 is 0 Å². The molecule has 0 aliphatic heterocycles. The fraction of sp³-hybridized carbons (Fsp3) is 0. The van der Waals surface area contributed by atoms with Crippen molar-refractivity contribution in [2.24, 2.45) is 0 Å². The molecule has 0 aromatic carbocycles. The third-order valence-corrected chi connectivity index (χ3v) is 2.27. The van der Waals surface area contributed by atoms with Crippen molar-refractivity contribution in [3.63, 3.8) is 0 Å². The van der Waals surface area contributed by atoms with Gasteiger partial charge in [0.05, 0.1) is 12.0 Å². The van der Waals surface area contributed by atoms with Gasteiger partial charge in [0, 0.05) is 12.4 Å². The molecule has 0 atom stereocenters.